The molecule has 2 saturated heterocycles. The van der Waals surface area contributed by atoms with Gasteiger partial charge in [0.1, 0.15) is 29.1 Å². The van der Waals surface area contributed by atoms with E-state index in [4.69, 9.17) is 0 Å². The number of nitrogens with one attached hydrogen (secondary N) is 2. The summed E-state index contributed by atoms with van der Waals surface area (Å²) in [6.45, 7) is 8.53. The number of aromatic nitrogens is 3. The third-order valence-corrected chi connectivity index (χ3v) is 11.1. The third-order valence-electron chi connectivity index (χ3n) is 11.1. The monoisotopic (exact) mass is 756 g/mol. The molecular weight excluding hydrogens is 715 g/mol. The lowest BCUT2D eigenvalue weighted by molar-refractivity contribution is -0.137. The van der Waals surface area contributed by atoms with Gasteiger partial charge in [0.05, 0.1) is 34.4 Å². The highest BCUT2D eigenvalue weighted by molar-refractivity contribution is 6.03. The maximum atomic E-state index is 15.7. The number of benzene rings is 3. The van der Waals surface area contributed by atoms with Crippen molar-refractivity contribution in [1.82, 2.24) is 25.2 Å². The van der Waals surface area contributed by atoms with Crippen molar-refractivity contribution in [3.05, 3.63) is 117 Å². The van der Waals surface area contributed by atoms with E-state index in [1.807, 2.05) is 13.0 Å². The molecule has 0 unspecified atom stereocenters. The van der Waals surface area contributed by atoms with Gasteiger partial charge in [-0.3, -0.25) is 24.8 Å². The molecule has 0 saturated carbocycles. The highest BCUT2D eigenvalue weighted by atomic mass is 19.3. The molecule has 55 heavy (non-hydrogen) atoms. The van der Waals surface area contributed by atoms with E-state index in [0.29, 0.717) is 89.4 Å². The van der Waals surface area contributed by atoms with Crippen LogP contribution in [0.1, 0.15) is 97.1 Å². The van der Waals surface area contributed by atoms with E-state index >= 15 is 8.78 Å². The van der Waals surface area contributed by atoms with Crippen LogP contribution in [0.15, 0.2) is 60.8 Å². The molecule has 2 aliphatic rings. The SMILES string of the molecule is Cc1nc(N[C@H](C)c2cccc(C(F)F)c2F)c2cc(-c3ccc(F)c(CN4CCC(c5c(C)cc([C@@]6(C)CCC(=O)NC6=O)cc5F)CC4)c3)ncc2n1. The number of nitrogens with zero attached hydrogens (tertiary/aromatic N) is 4. The molecule has 0 aliphatic carbocycles. The number of aryl methyl sites for hydroxylation is 2. The first kappa shape index (κ1) is 38.0. The van der Waals surface area contributed by atoms with Gasteiger partial charge in [-0.15, -0.1) is 0 Å². The van der Waals surface area contributed by atoms with Crippen LogP contribution in [0.25, 0.3) is 22.2 Å². The summed E-state index contributed by atoms with van der Waals surface area (Å²) < 4.78 is 72.8. The first-order valence-corrected chi connectivity index (χ1v) is 18.3. The molecule has 2 aliphatic heterocycles. The molecule has 2 amide bonds. The smallest absolute Gasteiger partial charge is 0.266 e. The van der Waals surface area contributed by atoms with Crippen molar-refractivity contribution in [2.24, 2.45) is 0 Å². The molecule has 3 aromatic carbocycles. The summed E-state index contributed by atoms with van der Waals surface area (Å²) in [5, 5.41) is 6.12. The number of carbonyl (C=O) groups excluding carboxylic acids is 2. The minimum absolute atomic E-state index is 0.0426. The Balaban J connectivity index is 1.07. The number of piperidine rings is 2. The van der Waals surface area contributed by atoms with E-state index in [-0.39, 0.29) is 35.4 Å². The second-order valence-corrected chi connectivity index (χ2v) is 14.9. The molecule has 13 heteroatoms. The number of hydrogen-bond donors (Lipinski definition) is 2. The normalized spacial score (nSPS) is 18.9. The van der Waals surface area contributed by atoms with E-state index in [2.05, 4.69) is 30.5 Å². The minimum atomic E-state index is -2.95. The van der Waals surface area contributed by atoms with Crippen molar-refractivity contribution in [3.8, 4) is 11.3 Å². The number of alkyl halides is 2. The Labute approximate surface area is 315 Å². The Morgan fingerprint density at radius 1 is 0.964 bits per heavy atom. The quantitative estimate of drug-likeness (QED) is 0.115. The van der Waals surface area contributed by atoms with Gasteiger partial charge in [-0.1, -0.05) is 24.3 Å². The molecule has 2 fully saturated rings. The van der Waals surface area contributed by atoms with E-state index in [1.165, 1.54) is 24.3 Å². The Bertz CT molecular complexity index is 2290. The molecule has 0 spiro atoms. The van der Waals surface area contributed by atoms with Crippen LogP contribution in [-0.4, -0.2) is 44.8 Å². The summed E-state index contributed by atoms with van der Waals surface area (Å²) in [6, 6.07) is 13.1. The maximum absolute atomic E-state index is 15.7. The maximum Gasteiger partial charge on any atom is 0.266 e. The lowest BCUT2D eigenvalue weighted by Crippen LogP contribution is -2.49. The largest absolute Gasteiger partial charge is 0.363 e. The molecule has 0 radical (unpaired) electrons. The van der Waals surface area contributed by atoms with Crippen LogP contribution in [0.2, 0.25) is 0 Å². The summed E-state index contributed by atoms with van der Waals surface area (Å²) in [5.74, 6) is -1.67. The third kappa shape index (κ3) is 7.54. The summed E-state index contributed by atoms with van der Waals surface area (Å²) >= 11 is 0. The summed E-state index contributed by atoms with van der Waals surface area (Å²) in [5.41, 5.74) is 2.55. The van der Waals surface area contributed by atoms with Crippen LogP contribution in [0.4, 0.5) is 27.8 Å². The van der Waals surface area contributed by atoms with Gasteiger partial charge in [0.25, 0.3) is 6.43 Å². The number of likely N-dealkylation sites (tertiary alicyclic amines) is 1. The highest BCUT2D eigenvalue weighted by Gasteiger charge is 2.41. The number of pyridine rings is 1. The summed E-state index contributed by atoms with van der Waals surface area (Å²) in [6.07, 6.45) is 0.485. The second kappa shape index (κ2) is 15.1. The van der Waals surface area contributed by atoms with Gasteiger partial charge >= 0.3 is 0 Å². The first-order valence-electron chi connectivity index (χ1n) is 18.3. The summed E-state index contributed by atoms with van der Waals surface area (Å²) in [4.78, 5) is 40.2. The van der Waals surface area contributed by atoms with E-state index < -0.39 is 35.2 Å². The van der Waals surface area contributed by atoms with Gasteiger partial charge in [0.2, 0.25) is 11.8 Å². The molecule has 0 bridgehead atoms. The van der Waals surface area contributed by atoms with Crippen LogP contribution in [0, 0.1) is 31.3 Å². The Morgan fingerprint density at radius 2 is 1.71 bits per heavy atom. The molecule has 2 aromatic heterocycles. The zero-order chi connectivity index (χ0) is 39.2. The van der Waals surface area contributed by atoms with Gasteiger partial charge in [0.15, 0.2) is 0 Å². The van der Waals surface area contributed by atoms with Crippen molar-refractivity contribution in [2.45, 2.75) is 83.7 Å². The lowest BCUT2D eigenvalue weighted by atomic mass is 9.74. The van der Waals surface area contributed by atoms with Gasteiger partial charge in [0, 0.05) is 35.0 Å². The van der Waals surface area contributed by atoms with Crippen molar-refractivity contribution < 1.29 is 31.5 Å². The molecule has 2 N–H and O–H groups in total. The molecule has 5 aromatic rings. The van der Waals surface area contributed by atoms with Crippen LogP contribution in [-0.2, 0) is 21.5 Å². The Morgan fingerprint density at radius 3 is 2.42 bits per heavy atom. The molecule has 286 valence electrons. The fourth-order valence-electron chi connectivity index (χ4n) is 7.92. The molecule has 2 atom stereocenters. The van der Waals surface area contributed by atoms with Crippen LogP contribution in [0.3, 0.4) is 0 Å². The molecular formula is C42H41F5N6O2. The van der Waals surface area contributed by atoms with Gasteiger partial charge in [-0.25, -0.2) is 31.9 Å². The number of imide groups is 1. The lowest BCUT2D eigenvalue weighted by Gasteiger charge is -2.35. The number of halogens is 5. The predicted molar refractivity (Wildman–Crippen MR) is 199 cm³/mol. The van der Waals surface area contributed by atoms with Crippen molar-refractivity contribution in [1.29, 1.82) is 0 Å². The molecule has 8 nitrogen and oxygen atoms in total. The number of anilines is 1. The zero-order valence-corrected chi connectivity index (χ0v) is 31.0. The number of fused-ring (bicyclic) bond motifs is 1. The Kier molecular flexibility index (Phi) is 10.4. The molecule has 7 rings (SSSR count). The van der Waals surface area contributed by atoms with Crippen LogP contribution < -0.4 is 10.6 Å². The number of amides is 2. The van der Waals surface area contributed by atoms with Gasteiger partial charge < -0.3 is 5.32 Å². The number of carbonyl (C=O) groups is 2. The van der Waals surface area contributed by atoms with Crippen molar-refractivity contribution in [2.75, 3.05) is 18.4 Å². The first-order chi connectivity index (χ1) is 26.2. The Hall–Kier alpha value is -5.30. The number of hydrogen-bond acceptors (Lipinski definition) is 7. The highest BCUT2D eigenvalue weighted by Crippen LogP contribution is 2.39. The van der Waals surface area contributed by atoms with E-state index in [0.717, 1.165) is 11.6 Å². The zero-order valence-electron chi connectivity index (χ0n) is 31.0. The minimum Gasteiger partial charge on any atom is -0.363 e. The van der Waals surface area contributed by atoms with Gasteiger partial charge in [-0.2, -0.15) is 0 Å². The number of rotatable bonds is 9. The second-order valence-electron chi connectivity index (χ2n) is 14.9. The predicted octanol–water partition coefficient (Wildman–Crippen LogP) is 8.91. The standard InChI is InChI=1S/C42H41F5N6O2/c1-22-16-28(42(4)13-10-36(54)52-41(42)55)18-33(44)37(22)25-11-14-53(15-12-25)21-27-17-26(8-9-32(27)43)34-19-31-35(20-48-34)50-24(3)51-40(31)49-23(2)29-6-5-7-30(38(29)45)39(46)47/h5-9,16-20,23,25,39H,10-15,21H2,1-4H3,(H,49,50,51)(H,52,54,55)/t23-,42-/m1/s1. The molecule has 4 heterocycles. The van der Waals surface area contributed by atoms with E-state index in [1.54, 1.807) is 45.2 Å². The topological polar surface area (TPSA) is 100 Å². The van der Waals surface area contributed by atoms with Gasteiger partial charge in [-0.05, 0) is 113 Å². The van der Waals surface area contributed by atoms with E-state index in [9.17, 15) is 22.8 Å². The summed E-state index contributed by atoms with van der Waals surface area (Å²) in [7, 11) is 0. The van der Waals surface area contributed by atoms with Crippen LogP contribution in [0.5, 0.6) is 0 Å². The average molecular weight is 757 g/mol. The van der Waals surface area contributed by atoms with Crippen molar-refractivity contribution >= 4 is 28.5 Å². The average Bonchev–Trinajstić information content (AvgIpc) is 3.14. The van der Waals surface area contributed by atoms with Crippen molar-refractivity contribution in [3.63, 3.8) is 0 Å². The fraction of sp³-hybridized carbons (Fsp3) is 0.357. The van der Waals surface area contributed by atoms with Crippen LogP contribution >= 0.6 is 0 Å². The fourth-order valence-corrected chi connectivity index (χ4v) is 7.92.